The number of hydrogen-bond donors (Lipinski definition) is 0. The molecule has 0 aliphatic rings. The predicted octanol–water partition coefficient (Wildman–Crippen LogP) is 6.92. The Morgan fingerprint density at radius 3 is 2.31 bits per heavy atom. The molecule has 1 aromatic heterocycles. The molecule has 0 amide bonds. The summed E-state index contributed by atoms with van der Waals surface area (Å²) in [5, 5.41) is 14.7. The van der Waals surface area contributed by atoms with Crippen LogP contribution in [0.3, 0.4) is 0 Å². The molecule has 26 heavy (non-hydrogen) atoms. The van der Waals surface area contributed by atoms with E-state index in [4.69, 9.17) is 0 Å². The average molecular weight is 357 g/mol. The molecule has 0 fully saturated rings. The van der Waals surface area contributed by atoms with Gasteiger partial charge in [-0.2, -0.15) is 0 Å². The topological polar surface area (TPSA) is 43.1 Å². The van der Waals surface area contributed by atoms with Crippen molar-refractivity contribution in [3.63, 3.8) is 0 Å². The second kappa shape index (κ2) is 6.24. The van der Waals surface area contributed by atoms with E-state index in [9.17, 15) is 10.1 Å². The van der Waals surface area contributed by atoms with Crippen molar-refractivity contribution in [2.75, 3.05) is 0 Å². The van der Waals surface area contributed by atoms with Crippen LogP contribution in [-0.4, -0.2) is 4.92 Å². The summed E-state index contributed by atoms with van der Waals surface area (Å²) in [6.45, 7) is 7.86. The van der Waals surface area contributed by atoms with Crippen molar-refractivity contribution < 1.29 is 4.92 Å². The molecule has 3 aromatic carbocycles. The molecule has 0 saturated carbocycles. The van der Waals surface area contributed by atoms with E-state index in [0.717, 1.165) is 36.9 Å². The lowest BCUT2D eigenvalue weighted by Crippen LogP contribution is -1.92. The van der Waals surface area contributed by atoms with Crippen molar-refractivity contribution in [2.45, 2.75) is 0 Å². The van der Waals surface area contributed by atoms with Crippen LogP contribution in [0.15, 0.2) is 67.8 Å². The Hall–Kier alpha value is -3.24. The van der Waals surface area contributed by atoms with Crippen LogP contribution in [0.4, 0.5) is 5.69 Å². The zero-order chi connectivity index (χ0) is 18.3. The third kappa shape index (κ3) is 2.35. The normalized spacial score (nSPS) is 10.9. The van der Waals surface area contributed by atoms with Crippen molar-refractivity contribution in [3.8, 4) is 11.1 Å². The van der Waals surface area contributed by atoms with Crippen LogP contribution < -0.4 is 0 Å². The monoisotopic (exact) mass is 357 g/mol. The summed E-state index contributed by atoms with van der Waals surface area (Å²) in [4.78, 5) is 12.3. The van der Waals surface area contributed by atoms with E-state index < -0.39 is 0 Å². The van der Waals surface area contributed by atoms with Crippen molar-refractivity contribution in [3.05, 3.63) is 88.3 Å². The SMILES string of the molecule is C=Cc1sc2cc(-c3ccccc3[N+](=O)[O-])c3ccccc3c2c1C=C. The minimum atomic E-state index is -0.326. The van der Waals surface area contributed by atoms with E-state index in [1.165, 1.54) is 0 Å². The molecule has 0 saturated heterocycles. The molecule has 0 unspecified atom stereocenters. The Balaban J connectivity index is 2.20. The number of benzene rings is 3. The quantitative estimate of drug-likeness (QED) is 0.294. The maximum atomic E-state index is 11.5. The molecule has 4 aromatic rings. The van der Waals surface area contributed by atoms with Crippen molar-refractivity contribution in [1.82, 2.24) is 0 Å². The van der Waals surface area contributed by atoms with Crippen LogP contribution in [0.1, 0.15) is 10.4 Å². The summed E-state index contributed by atoms with van der Waals surface area (Å²) in [5.74, 6) is 0. The van der Waals surface area contributed by atoms with Gasteiger partial charge in [-0.3, -0.25) is 10.1 Å². The van der Waals surface area contributed by atoms with Crippen LogP contribution in [0.25, 0.3) is 44.1 Å². The Labute approximate surface area is 154 Å². The van der Waals surface area contributed by atoms with Gasteiger partial charge in [0.25, 0.3) is 5.69 Å². The number of hydrogen-bond acceptors (Lipinski definition) is 3. The summed E-state index contributed by atoms with van der Waals surface area (Å²) in [6, 6.07) is 16.9. The largest absolute Gasteiger partial charge is 0.277 e. The van der Waals surface area contributed by atoms with Gasteiger partial charge in [-0.15, -0.1) is 11.3 Å². The molecule has 3 nitrogen and oxygen atoms in total. The molecule has 0 aliphatic heterocycles. The highest BCUT2D eigenvalue weighted by Crippen LogP contribution is 2.43. The highest BCUT2D eigenvalue weighted by Gasteiger charge is 2.19. The molecule has 0 N–H and O–H groups in total. The van der Waals surface area contributed by atoms with Crippen molar-refractivity contribution >= 4 is 50.0 Å². The Kier molecular flexibility index (Phi) is 3.90. The molecule has 126 valence electrons. The summed E-state index contributed by atoms with van der Waals surface area (Å²) in [5.41, 5.74) is 2.67. The van der Waals surface area contributed by atoms with Crippen LogP contribution in [0, 0.1) is 10.1 Å². The fourth-order valence-corrected chi connectivity index (χ4v) is 4.56. The first kappa shape index (κ1) is 16.2. The molecular weight excluding hydrogens is 342 g/mol. The lowest BCUT2D eigenvalue weighted by molar-refractivity contribution is -0.384. The minimum Gasteiger partial charge on any atom is -0.258 e. The lowest BCUT2D eigenvalue weighted by Gasteiger charge is -2.10. The number of thiophene rings is 1. The Morgan fingerprint density at radius 1 is 0.923 bits per heavy atom. The second-order valence-electron chi connectivity index (χ2n) is 5.91. The van der Waals surface area contributed by atoms with Gasteiger partial charge in [-0.05, 0) is 28.5 Å². The van der Waals surface area contributed by atoms with E-state index >= 15 is 0 Å². The number of fused-ring (bicyclic) bond motifs is 3. The van der Waals surface area contributed by atoms with Crippen LogP contribution in [0.5, 0.6) is 0 Å². The van der Waals surface area contributed by atoms with Gasteiger partial charge in [0.05, 0.1) is 10.5 Å². The highest BCUT2D eigenvalue weighted by molar-refractivity contribution is 7.20. The first-order valence-electron chi connectivity index (χ1n) is 8.12. The molecule has 1 heterocycles. The maximum absolute atomic E-state index is 11.5. The summed E-state index contributed by atoms with van der Waals surface area (Å²) in [6.07, 6.45) is 3.69. The summed E-state index contributed by atoms with van der Waals surface area (Å²) >= 11 is 1.63. The van der Waals surface area contributed by atoms with Gasteiger partial charge in [-0.1, -0.05) is 61.7 Å². The first-order valence-corrected chi connectivity index (χ1v) is 8.94. The zero-order valence-electron chi connectivity index (χ0n) is 13.9. The fourth-order valence-electron chi connectivity index (χ4n) is 3.44. The summed E-state index contributed by atoms with van der Waals surface area (Å²) < 4.78 is 1.07. The molecule has 4 rings (SSSR count). The summed E-state index contributed by atoms with van der Waals surface area (Å²) in [7, 11) is 0. The Morgan fingerprint density at radius 2 is 1.62 bits per heavy atom. The maximum Gasteiger partial charge on any atom is 0.277 e. The second-order valence-corrected chi connectivity index (χ2v) is 6.99. The highest BCUT2D eigenvalue weighted by atomic mass is 32.1. The van der Waals surface area contributed by atoms with Crippen molar-refractivity contribution in [2.24, 2.45) is 0 Å². The number of nitro benzene ring substituents is 1. The molecular formula is C22H15NO2S. The first-order chi connectivity index (χ1) is 12.7. The number of para-hydroxylation sites is 1. The van der Waals surface area contributed by atoms with Crippen LogP contribution >= 0.6 is 11.3 Å². The lowest BCUT2D eigenvalue weighted by atomic mass is 9.93. The van der Waals surface area contributed by atoms with Crippen LogP contribution in [0.2, 0.25) is 0 Å². The standard InChI is InChI=1S/C22H15NO2S/c1-3-14-20(4-2)26-21-13-18(15-9-5-6-11-17(15)22(14)21)16-10-7-8-12-19(16)23(24)25/h3-13H,1-2H2. The van der Waals surface area contributed by atoms with E-state index in [-0.39, 0.29) is 10.6 Å². The zero-order valence-corrected chi connectivity index (χ0v) is 14.8. The fraction of sp³-hybridized carbons (Fsp3) is 0. The van der Waals surface area contributed by atoms with E-state index in [1.54, 1.807) is 23.5 Å². The number of nitro groups is 1. The molecule has 0 atom stereocenters. The Bertz CT molecular complexity index is 1200. The number of nitrogens with zero attached hydrogens (tertiary/aromatic N) is 1. The van der Waals surface area contributed by atoms with E-state index in [0.29, 0.717) is 5.56 Å². The van der Waals surface area contributed by atoms with Gasteiger partial charge < -0.3 is 0 Å². The molecule has 0 radical (unpaired) electrons. The molecule has 4 heteroatoms. The van der Waals surface area contributed by atoms with Crippen LogP contribution in [-0.2, 0) is 0 Å². The average Bonchev–Trinajstić information content (AvgIpc) is 3.05. The molecule has 0 bridgehead atoms. The third-order valence-electron chi connectivity index (χ3n) is 4.54. The smallest absolute Gasteiger partial charge is 0.258 e. The van der Waals surface area contributed by atoms with Crippen molar-refractivity contribution in [1.29, 1.82) is 0 Å². The number of rotatable bonds is 4. The van der Waals surface area contributed by atoms with Gasteiger partial charge in [0.2, 0.25) is 0 Å². The van der Waals surface area contributed by atoms with Gasteiger partial charge in [0, 0.05) is 26.6 Å². The predicted molar refractivity (Wildman–Crippen MR) is 112 cm³/mol. The van der Waals surface area contributed by atoms with E-state index in [2.05, 4.69) is 19.2 Å². The van der Waals surface area contributed by atoms with Gasteiger partial charge in [0.1, 0.15) is 0 Å². The molecule has 0 spiro atoms. The van der Waals surface area contributed by atoms with E-state index in [1.807, 2.05) is 48.6 Å². The van der Waals surface area contributed by atoms with Gasteiger partial charge in [0.15, 0.2) is 0 Å². The van der Waals surface area contributed by atoms with Gasteiger partial charge in [-0.25, -0.2) is 0 Å². The van der Waals surface area contributed by atoms with Gasteiger partial charge >= 0.3 is 0 Å². The minimum absolute atomic E-state index is 0.112. The third-order valence-corrected chi connectivity index (χ3v) is 5.69. The molecule has 0 aliphatic carbocycles.